The molecular formula is C14H24N2S. The zero-order valence-corrected chi connectivity index (χ0v) is 11.6. The van der Waals surface area contributed by atoms with E-state index in [1.165, 1.54) is 50.0 Å². The van der Waals surface area contributed by atoms with Crippen molar-refractivity contribution in [2.75, 3.05) is 24.6 Å². The van der Waals surface area contributed by atoms with Gasteiger partial charge in [0.25, 0.3) is 0 Å². The van der Waals surface area contributed by atoms with Crippen LogP contribution in [-0.2, 0) is 0 Å². The van der Waals surface area contributed by atoms with Crippen molar-refractivity contribution < 1.29 is 0 Å². The van der Waals surface area contributed by atoms with Crippen molar-refractivity contribution in [1.29, 1.82) is 0 Å². The third-order valence-corrected chi connectivity index (χ3v) is 3.77. The van der Waals surface area contributed by atoms with Gasteiger partial charge < -0.3 is 9.69 Å². The van der Waals surface area contributed by atoms with E-state index in [2.05, 4.69) is 21.5 Å². The minimum Gasteiger partial charge on any atom is -0.317 e. The predicted octanol–water partition coefficient (Wildman–Crippen LogP) is 4.68. The van der Waals surface area contributed by atoms with Crippen LogP contribution >= 0.6 is 11.8 Å². The van der Waals surface area contributed by atoms with E-state index in [0.717, 1.165) is 12.8 Å². The third-order valence-electron chi connectivity index (χ3n) is 2.62. The van der Waals surface area contributed by atoms with Crippen molar-refractivity contribution in [1.82, 2.24) is 0 Å². The molecule has 0 unspecified atom stereocenters. The highest BCUT2D eigenvalue weighted by molar-refractivity contribution is 7.99. The van der Waals surface area contributed by atoms with Gasteiger partial charge in [-0.15, -0.1) is 0 Å². The first kappa shape index (κ1) is 16.3. The molecule has 0 N–H and O–H groups in total. The molecule has 2 nitrogen and oxygen atoms in total. The second kappa shape index (κ2) is 15.3. The Kier molecular flexibility index (Phi) is 14.7. The summed E-state index contributed by atoms with van der Waals surface area (Å²) in [7, 11) is 0. The molecule has 0 aromatic rings. The standard InChI is InChI=1S/C14H24N2S/c1-15-11-7-3-5-9-13-17-14-10-6-4-8-12-16-2/h3-14H2. The summed E-state index contributed by atoms with van der Waals surface area (Å²) in [4.78, 5) is 6.70. The van der Waals surface area contributed by atoms with E-state index >= 15 is 0 Å². The van der Waals surface area contributed by atoms with Crippen LogP contribution < -0.4 is 0 Å². The van der Waals surface area contributed by atoms with Gasteiger partial charge in [-0.1, -0.05) is 12.8 Å². The van der Waals surface area contributed by atoms with Gasteiger partial charge in [0.1, 0.15) is 0 Å². The summed E-state index contributed by atoms with van der Waals surface area (Å²) in [6.45, 7) is 14.7. The maximum absolute atomic E-state index is 6.66. The minimum absolute atomic E-state index is 0.706. The van der Waals surface area contributed by atoms with E-state index in [9.17, 15) is 0 Å². The molecule has 0 atom stereocenters. The van der Waals surface area contributed by atoms with E-state index < -0.39 is 0 Å². The Bertz CT molecular complexity index is 203. The van der Waals surface area contributed by atoms with E-state index in [4.69, 9.17) is 13.1 Å². The lowest BCUT2D eigenvalue weighted by Crippen LogP contribution is -1.87. The predicted molar refractivity (Wildman–Crippen MR) is 77.2 cm³/mol. The number of hydrogen-bond acceptors (Lipinski definition) is 1. The summed E-state index contributed by atoms with van der Waals surface area (Å²) in [6, 6.07) is 0. The average Bonchev–Trinajstić information content (AvgIpc) is 2.35. The lowest BCUT2D eigenvalue weighted by Gasteiger charge is -2.01. The van der Waals surface area contributed by atoms with Crippen molar-refractivity contribution in [3.8, 4) is 0 Å². The lowest BCUT2D eigenvalue weighted by molar-refractivity contribution is 0.691. The Hall–Kier alpha value is -0.670. The van der Waals surface area contributed by atoms with Crippen LogP contribution in [0.4, 0.5) is 0 Å². The van der Waals surface area contributed by atoms with Gasteiger partial charge in [-0.05, 0) is 37.2 Å². The fourth-order valence-electron chi connectivity index (χ4n) is 1.60. The molecule has 0 fully saturated rings. The normalized spacial score (nSPS) is 9.76. The Morgan fingerprint density at radius 3 is 1.41 bits per heavy atom. The van der Waals surface area contributed by atoms with Gasteiger partial charge >= 0.3 is 0 Å². The molecule has 0 aromatic carbocycles. The first-order chi connectivity index (χ1) is 8.41. The molecule has 0 saturated carbocycles. The lowest BCUT2D eigenvalue weighted by atomic mass is 10.2. The summed E-state index contributed by atoms with van der Waals surface area (Å²) in [5, 5.41) is 0. The van der Waals surface area contributed by atoms with Crippen LogP contribution in [0.2, 0.25) is 0 Å². The summed E-state index contributed by atoms with van der Waals surface area (Å²) in [6.07, 6.45) is 9.78. The highest BCUT2D eigenvalue weighted by atomic mass is 32.2. The van der Waals surface area contributed by atoms with Gasteiger partial charge in [0, 0.05) is 12.8 Å². The number of rotatable bonds is 12. The van der Waals surface area contributed by atoms with Crippen molar-refractivity contribution in [2.45, 2.75) is 51.4 Å². The number of nitrogens with zero attached hydrogens (tertiary/aromatic N) is 2. The maximum atomic E-state index is 6.66. The summed E-state index contributed by atoms with van der Waals surface area (Å²) in [5.74, 6) is 2.56. The second-order valence-corrected chi connectivity index (χ2v) is 5.43. The fraction of sp³-hybridized carbons (Fsp3) is 0.857. The molecule has 96 valence electrons. The first-order valence-corrected chi connectivity index (χ1v) is 7.81. The van der Waals surface area contributed by atoms with Crippen LogP contribution in [0.5, 0.6) is 0 Å². The first-order valence-electron chi connectivity index (χ1n) is 6.66. The van der Waals surface area contributed by atoms with Crippen LogP contribution in [0, 0.1) is 13.1 Å². The van der Waals surface area contributed by atoms with Crippen molar-refractivity contribution >= 4 is 11.8 Å². The molecule has 0 rings (SSSR count). The molecule has 0 heterocycles. The molecule has 0 saturated heterocycles. The molecular weight excluding hydrogens is 228 g/mol. The number of unbranched alkanes of at least 4 members (excludes halogenated alkanes) is 6. The molecule has 0 amide bonds. The highest BCUT2D eigenvalue weighted by Gasteiger charge is 1.94. The minimum atomic E-state index is 0.706. The Morgan fingerprint density at radius 1 is 0.588 bits per heavy atom. The fourth-order valence-corrected chi connectivity index (χ4v) is 2.62. The Morgan fingerprint density at radius 2 is 1.00 bits per heavy atom. The van der Waals surface area contributed by atoms with Gasteiger partial charge in [-0.25, -0.2) is 13.1 Å². The van der Waals surface area contributed by atoms with Crippen molar-refractivity contribution in [3.63, 3.8) is 0 Å². The molecule has 0 aromatic heterocycles. The number of hydrogen-bond donors (Lipinski definition) is 0. The zero-order chi connectivity index (χ0) is 12.6. The Balaban J connectivity index is 2.90. The van der Waals surface area contributed by atoms with Crippen LogP contribution in [0.15, 0.2) is 0 Å². The van der Waals surface area contributed by atoms with E-state index in [1.807, 2.05) is 0 Å². The summed E-state index contributed by atoms with van der Waals surface area (Å²) >= 11 is 2.06. The molecule has 0 aliphatic heterocycles. The largest absolute Gasteiger partial charge is 0.317 e. The van der Waals surface area contributed by atoms with Crippen LogP contribution in [-0.4, -0.2) is 24.6 Å². The van der Waals surface area contributed by atoms with Gasteiger partial charge in [-0.3, -0.25) is 0 Å². The average molecular weight is 252 g/mol. The molecule has 3 heteroatoms. The molecule has 0 aliphatic carbocycles. The maximum Gasteiger partial charge on any atom is 0.214 e. The molecule has 0 radical (unpaired) electrons. The van der Waals surface area contributed by atoms with Crippen LogP contribution in [0.1, 0.15) is 51.4 Å². The zero-order valence-electron chi connectivity index (χ0n) is 10.8. The molecule has 17 heavy (non-hydrogen) atoms. The van der Waals surface area contributed by atoms with Crippen molar-refractivity contribution in [3.05, 3.63) is 22.8 Å². The smallest absolute Gasteiger partial charge is 0.214 e. The second-order valence-electron chi connectivity index (χ2n) is 4.20. The number of thioether (sulfide) groups is 1. The van der Waals surface area contributed by atoms with Gasteiger partial charge in [-0.2, -0.15) is 11.8 Å². The molecule has 0 aliphatic rings. The van der Waals surface area contributed by atoms with E-state index in [-0.39, 0.29) is 0 Å². The van der Waals surface area contributed by atoms with Crippen molar-refractivity contribution in [2.24, 2.45) is 0 Å². The monoisotopic (exact) mass is 252 g/mol. The van der Waals surface area contributed by atoms with Crippen LogP contribution in [0.25, 0.3) is 9.69 Å². The van der Waals surface area contributed by atoms with E-state index in [1.54, 1.807) is 0 Å². The van der Waals surface area contributed by atoms with E-state index in [0.29, 0.717) is 13.1 Å². The SMILES string of the molecule is [C-]#[N+]CCCCCCSCCCCCC[N+]#[C-]. The molecule has 0 bridgehead atoms. The van der Waals surface area contributed by atoms with Gasteiger partial charge in [0.05, 0.1) is 0 Å². The van der Waals surface area contributed by atoms with Crippen LogP contribution in [0.3, 0.4) is 0 Å². The highest BCUT2D eigenvalue weighted by Crippen LogP contribution is 2.11. The summed E-state index contributed by atoms with van der Waals surface area (Å²) < 4.78 is 0. The molecule has 0 spiro atoms. The topological polar surface area (TPSA) is 8.72 Å². The summed E-state index contributed by atoms with van der Waals surface area (Å²) in [5.41, 5.74) is 0. The Labute approximate surface area is 111 Å². The van der Waals surface area contributed by atoms with Gasteiger partial charge in [0.2, 0.25) is 13.1 Å². The third kappa shape index (κ3) is 15.3. The quantitative estimate of drug-likeness (QED) is 0.362. The van der Waals surface area contributed by atoms with Gasteiger partial charge in [0.15, 0.2) is 0 Å².